The summed E-state index contributed by atoms with van der Waals surface area (Å²) >= 11 is 0. The molecule has 4 rings (SSSR count). The molecule has 0 unspecified atom stereocenters. The van der Waals surface area contributed by atoms with Crippen molar-refractivity contribution in [2.24, 2.45) is 0 Å². The molecule has 2 N–H and O–H groups in total. The highest BCUT2D eigenvalue weighted by molar-refractivity contribution is 6.08. The van der Waals surface area contributed by atoms with Gasteiger partial charge in [0.15, 0.2) is 11.5 Å². The van der Waals surface area contributed by atoms with Crippen LogP contribution in [0, 0.1) is 0 Å². The molecule has 2 heterocycles. The quantitative estimate of drug-likeness (QED) is 0.758. The highest BCUT2D eigenvalue weighted by atomic mass is 16.6. The standard InChI is InChI=1S/C18H14N2O4/c21-15-8-11-2-1-5-19-14(11)10-13(15)18(22)20-12-3-4-16-17(9-12)24-7-6-23-16/h1-5,8-10,21H,6-7H2,(H,20,22). The van der Waals surface area contributed by atoms with Gasteiger partial charge in [-0.15, -0.1) is 0 Å². The largest absolute Gasteiger partial charge is 0.507 e. The molecule has 0 saturated heterocycles. The van der Waals surface area contributed by atoms with Gasteiger partial charge in [-0.2, -0.15) is 0 Å². The van der Waals surface area contributed by atoms with Crippen molar-refractivity contribution in [3.63, 3.8) is 0 Å². The van der Waals surface area contributed by atoms with E-state index in [4.69, 9.17) is 9.47 Å². The van der Waals surface area contributed by atoms with Crippen LogP contribution >= 0.6 is 0 Å². The summed E-state index contributed by atoms with van der Waals surface area (Å²) < 4.78 is 10.9. The van der Waals surface area contributed by atoms with E-state index in [2.05, 4.69) is 10.3 Å². The smallest absolute Gasteiger partial charge is 0.259 e. The van der Waals surface area contributed by atoms with Crippen LogP contribution in [0.3, 0.4) is 0 Å². The van der Waals surface area contributed by atoms with Gasteiger partial charge < -0.3 is 19.9 Å². The number of amides is 1. The molecule has 0 bridgehead atoms. The molecule has 0 spiro atoms. The lowest BCUT2D eigenvalue weighted by Crippen LogP contribution is -2.16. The van der Waals surface area contributed by atoms with Gasteiger partial charge in [0.2, 0.25) is 0 Å². The van der Waals surface area contributed by atoms with Crippen LogP contribution in [0.5, 0.6) is 17.2 Å². The van der Waals surface area contributed by atoms with Gasteiger partial charge in [0.05, 0.1) is 11.1 Å². The second kappa shape index (κ2) is 5.73. The van der Waals surface area contributed by atoms with Crippen molar-refractivity contribution >= 4 is 22.5 Å². The van der Waals surface area contributed by atoms with Gasteiger partial charge in [-0.1, -0.05) is 6.07 Å². The summed E-state index contributed by atoms with van der Waals surface area (Å²) in [6, 6.07) is 11.9. The number of aromatic nitrogens is 1. The molecule has 1 aliphatic heterocycles. The van der Waals surface area contributed by atoms with Gasteiger partial charge in [-0.3, -0.25) is 9.78 Å². The van der Waals surface area contributed by atoms with Crippen molar-refractivity contribution in [2.75, 3.05) is 18.5 Å². The molecule has 0 radical (unpaired) electrons. The first-order valence-electron chi connectivity index (χ1n) is 7.49. The Morgan fingerprint density at radius 2 is 1.92 bits per heavy atom. The maximum absolute atomic E-state index is 12.5. The highest BCUT2D eigenvalue weighted by Crippen LogP contribution is 2.33. The Hall–Kier alpha value is -3.28. The molecule has 0 aliphatic carbocycles. The molecule has 6 heteroatoms. The molecule has 3 aromatic rings. The molecule has 24 heavy (non-hydrogen) atoms. The Balaban J connectivity index is 1.63. The van der Waals surface area contributed by atoms with E-state index in [0.29, 0.717) is 35.9 Å². The van der Waals surface area contributed by atoms with Gasteiger partial charge in [0.25, 0.3) is 5.91 Å². The Labute approximate surface area is 137 Å². The van der Waals surface area contributed by atoms with Crippen molar-refractivity contribution in [2.45, 2.75) is 0 Å². The second-order valence-electron chi connectivity index (χ2n) is 5.38. The summed E-state index contributed by atoms with van der Waals surface area (Å²) in [5.41, 5.74) is 1.36. The molecule has 1 aliphatic rings. The van der Waals surface area contributed by atoms with Crippen molar-refractivity contribution in [3.05, 3.63) is 54.2 Å². The molecular weight excluding hydrogens is 308 g/mol. The highest BCUT2D eigenvalue weighted by Gasteiger charge is 2.16. The van der Waals surface area contributed by atoms with Gasteiger partial charge >= 0.3 is 0 Å². The molecule has 6 nitrogen and oxygen atoms in total. The SMILES string of the molecule is O=C(Nc1ccc2c(c1)OCCO2)c1cc2ncccc2cc1O. The fourth-order valence-corrected chi connectivity index (χ4v) is 2.61. The van der Waals surface area contributed by atoms with E-state index < -0.39 is 5.91 Å². The lowest BCUT2D eigenvalue weighted by atomic mass is 10.1. The van der Waals surface area contributed by atoms with Gasteiger partial charge in [-0.05, 0) is 30.3 Å². The predicted molar refractivity (Wildman–Crippen MR) is 88.8 cm³/mol. The molecule has 120 valence electrons. The van der Waals surface area contributed by atoms with E-state index in [1.54, 1.807) is 36.5 Å². The van der Waals surface area contributed by atoms with E-state index in [1.807, 2.05) is 6.07 Å². The monoisotopic (exact) mass is 322 g/mol. The summed E-state index contributed by atoms with van der Waals surface area (Å²) in [7, 11) is 0. The number of aromatic hydroxyl groups is 1. The summed E-state index contributed by atoms with van der Waals surface area (Å²) in [5.74, 6) is 0.725. The van der Waals surface area contributed by atoms with Crippen LogP contribution in [0.15, 0.2) is 48.7 Å². The van der Waals surface area contributed by atoms with Crippen LogP contribution < -0.4 is 14.8 Å². The summed E-state index contributed by atoms with van der Waals surface area (Å²) in [6.45, 7) is 0.984. The number of carbonyl (C=O) groups is 1. The molecular formula is C18H14N2O4. The van der Waals surface area contributed by atoms with Crippen LogP contribution in [-0.2, 0) is 0 Å². The Morgan fingerprint density at radius 1 is 1.08 bits per heavy atom. The zero-order valence-electron chi connectivity index (χ0n) is 12.7. The number of pyridine rings is 1. The van der Waals surface area contributed by atoms with Crippen molar-refractivity contribution in [1.29, 1.82) is 0 Å². The fourth-order valence-electron chi connectivity index (χ4n) is 2.61. The van der Waals surface area contributed by atoms with Crippen LogP contribution in [0.4, 0.5) is 5.69 Å². The number of hydrogen-bond acceptors (Lipinski definition) is 5. The van der Waals surface area contributed by atoms with Gasteiger partial charge in [0.1, 0.15) is 19.0 Å². The number of benzene rings is 2. The average molecular weight is 322 g/mol. The molecule has 0 saturated carbocycles. The Kier molecular flexibility index (Phi) is 3.42. The van der Waals surface area contributed by atoms with E-state index >= 15 is 0 Å². The lowest BCUT2D eigenvalue weighted by molar-refractivity contribution is 0.102. The molecule has 1 amide bonds. The third-order valence-corrected chi connectivity index (χ3v) is 3.77. The number of phenols is 1. The topological polar surface area (TPSA) is 80.7 Å². The van der Waals surface area contributed by atoms with Gasteiger partial charge in [-0.25, -0.2) is 0 Å². The molecule has 0 fully saturated rings. The minimum absolute atomic E-state index is 0.0921. The van der Waals surface area contributed by atoms with Crippen LogP contribution in [0.25, 0.3) is 10.9 Å². The molecule has 1 aromatic heterocycles. The van der Waals surface area contributed by atoms with Crippen LogP contribution in [0.1, 0.15) is 10.4 Å². The minimum atomic E-state index is -0.420. The van der Waals surface area contributed by atoms with E-state index in [-0.39, 0.29) is 11.3 Å². The number of rotatable bonds is 2. The zero-order valence-corrected chi connectivity index (χ0v) is 12.7. The van der Waals surface area contributed by atoms with Gasteiger partial charge in [0, 0.05) is 23.3 Å². The number of hydrogen-bond donors (Lipinski definition) is 2. The first-order valence-corrected chi connectivity index (χ1v) is 7.49. The number of nitrogens with one attached hydrogen (secondary N) is 1. The van der Waals surface area contributed by atoms with Crippen molar-refractivity contribution < 1.29 is 19.4 Å². The minimum Gasteiger partial charge on any atom is -0.507 e. The van der Waals surface area contributed by atoms with Crippen molar-refractivity contribution in [1.82, 2.24) is 4.98 Å². The Bertz CT molecular complexity index is 939. The zero-order chi connectivity index (χ0) is 16.5. The number of carbonyl (C=O) groups excluding carboxylic acids is 1. The fraction of sp³-hybridized carbons (Fsp3) is 0.111. The summed E-state index contributed by atoms with van der Waals surface area (Å²) in [4.78, 5) is 16.7. The second-order valence-corrected chi connectivity index (χ2v) is 5.38. The maximum atomic E-state index is 12.5. The predicted octanol–water partition coefficient (Wildman–Crippen LogP) is 2.96. The number of fused-ring (bicyclic) bond motifs is 2. The van der Waals surface area contributed by atoms with E-state index in [0.717, 1.165) is 5.39 Å². The van der Waals surface area contributed by atoms with Crippen LogP contribution in [0.2, 0.25) is 0 Å². The molecule has 2 aromatic carbocycles. The first-order chi connectivity index (χ1) is 11.7. The molecule has 0 atom stereocenters. The van der Waals surface area contributed by atoms with E-state index in [9.17, 15) is 9.90 Å². The first kappa shape index (κ1) is 14.3. The van der Waals surface area contributed by atoms with Crippen molar-refractivity contribution in [3.8, 4) is 17.2 Å². The average Bonchev–Trinajstić information content (AvgIpc) is 2.61. The normalized spacial score (nSPS) is 12.8. The number of anilines is 1. The van der Waals surface area contributed by atoms with E-state index in [1.165, 1.54) is 6.07 Å². The summed E-state index contributed by atoms with van der Waals surface area (Å²) in [5, 5.41) is 13.6. The number of ether oxygens (including phenoxy) is 2. The third-order valence-electron chi connectivity index (χ3n) is 3.77. The maximum Gasteiger partial charge on any atom is 0.259 e. The number of nitrogens with zero attached hydrogens (tertiary/aromatic N) is 1. The number of phenolic OH excluding ortho intramolecular Hbond substituents is 1. The third kappa shape index (κ3) is 2.58. The van der Waals surface area contributed by atoms with Crippen LogP contribution in [-0.4, -0.2) is 29.2 Å². The Morgan fingerprint density at radius 3 is 2.79 bits per heavy atom. The summed E-state index contributed by atoms with van der Waals surface area (Å²) in [6.07, 6.45) is 1.64. The lowest BCUT2D eigenvalue weighted by Gasteiger charge is -2.19.